The molecule has 1 aliphatic carbocycles. The number of imide groups is 1. The van der Waals surface area contributed by atoms with Crippen LogP contribution in [0.2, 0.25) is 0 Å². The van der Waals surface area contributed by atoms with E-state index in [-0.39, 0.29) is 5.92 Å². The summed E-state index contributed by atoms with van der Waals surface area (Å²) >= 11 is 0. The number of esters is 1. The number of hydrogen-bond donors (Lipinski definition) is 2. The van der Waals surface area contributed by atoms with Gasteiger partial charge >= 0.3 is 12.0 Å². The molecule has 8 nitrogen and oxygen atoms in total. The molecule has 0 spiro atoms. The van der Waals surface area contributed by atoms with Crippen LogP contribution in [0.25, 0.3) is 0 Å². The van der Waals surface area contributed by atoms with Gasteiger partial charge in [0.2, 0.25) is 0 Å². The number of carbonyl (C=O) groups excluding carboxylic acids is 4. The van der Waals surface area contributed by atoms with Crippen LogP contribution in [0.15, 0.2) is 30.3 Å². The zero-order valence-electron chi connectivity index (χ0n) is 14.7. The maximum absolute atomic E-state index is 12.5. The summed E-state index contributed by atoms with van der Waals surface area (Å²) in [5.41, 5.74) is -0.372. The van der Waals surface area contributed by atoms with E-state index < -0.39 is 42.0 Å². The van der Waals surface area contributed by atoms with E-state index in [9.17, 15) is 19.2 Å². The molecule has 26 heavy (non-hydrogen) atoms. The van der Waals surface area contributed by atoms with Crippen molar-refractivity contribution in [3.8, 4) is 0 Å². The van der Waals surface area contributed by atoms with Crippen molar-refractivity contribution in [3.05, 3.63) is 30.3 Å². The van der Waals surface area contributed by atoms with Crippen LogP contribution in [0.4, 0.5) is 10.5 Å². The minimum absolute atomic E-state index is 0.107. The van der Waals surface area contributed by atoms with Crippen molar-refractivity contribution in [3.63, 3.8) is 0 Å². The third-order valence-electron chi connectivity index (χ3n) is 4.70. The number of anilines is 1. The minimum atomic E-state index is -1.06. The van der Waals surface area contributed by atoms with Crippen LogP contribution in [0.5, 0.6) is 0 Å². The fraction of sp³-hybridized carbons (Fsp3) is 0.444. The van der Waals surface area contributed by atoms with Gasteiger partial charge in [-0.3, -0.25) is 19.3 Å². The zero-order chi connectivity index (χ0) is 18.9. The lowest BCUT2D eigenvalue weighted by atomic mass is 9.96. The van der Waals surface area contributed by atoms with E-state index in [0.29, 0.717) is 5.69 Å². The average Bonchev–Trinajstić information content (AvgIpc) is 3.42. The van der Waals surface area contributed by atoms with Gasteiger partial charge in [-0.15, -0.1) is 0 Å². The van der Waals surface area contributed by atoms with E-state index in [4.69, 9.17) is 4.74 Å². The lowest BCUT2D eigenvalue weighted by Gasteiger charge is -2.21. The Hall–Kier alpha value is -2.90. The lowest BCUT2D eigenvalue weighted by molar-refractivity contribution is -0.155. The van der Waals surface area contributed by atoms with Gasteiger partial charge in [0.15, 0.2) is 6.10 Å². The first kappa shape index (κ1) is 17.9. The second kappa shape index (κ2) is 6.78. The third kappa shape index (κ3) is 3.54. The average molecular weight is 359 g/mol. The number of benzene rings is 1. The highest BCUT2D eigenvalue weighted by Crippen LogP contribution is 2.42. The van der Waals surface area contributed by atoms with E-state index in [2.05, 4.69) is 10.6 Å². The Kier molecular flexibility index (Phi) is 4.67. The normalized spacial score (nSPS) is 23.4. The monoisotopic (exact) mass is 359 g/mol. The number of para-hydroxylation sites is 1. The molecule has 0 radical (unpaired) electrons. The van der Waals surface area contributed by atoms with Crippen LogP contribution in [-0.4, -0.2) is 46.9 Å². The van der Waals surface area contributed by atoms with E-state index in [1.807, 2.05) is 6.07 Å². The summed E-state index contributed by atoms with van der Waals surface area (Å²) in [7, 11) is 0. The second-order valence-electron chi connectivity index (χ2n) is 6.79. The second-order valence-corrected chi connectivity index (χ2v) is 6.79. The molecule has 1 aromatic rings. The number of urea groups is 1. The Morgan fingerprint density at radius 1 is 1.31 bits per heavy atom. The summed E-state index contributed by atoms with van der Waals surface area (Å²) in [5, 5.41) is 5.28. The molecule has 2 N–H and O–H groups in total. The molecule has 1 aliphatic heterocycles. The van der Waals surface area contributed by atoms with Crippen molar-refractivity contribution in [2.75, 3.05) is 11.9 Å². The molecule has 0 aromatic heterocycles. The molecule has 1 saturated heterocycles. The molecule has 2 aliphatic rings. The van der Waals surface area contributed by atoms with Crippen LogP contribution >= 0.6 is 0 Å². The molecule has 4 amide bonds. The van der Waals surface area contributed by atoms with Gasteiger partial charge in [-0.25, -0.2) is 4.79 Å². The molecule has 0 unspecified atom stereocenters. The van der Waals surface area contributed by atoms with Gasteiger partial charge < -0.3 is 15.4 Å². The first-order chi connectivity index (χ1) is 12.3. The van der Waals surface area contributed by atoms with Crippen molar-refractivity contribution < 1.29 is 23.9 Å². The summed E-state index contributed by atoms with van der Waals surface area (Å²) in [6, 6.07) is 8.15. The van der Waals surface area contributed by atoms with Crippen molar-refractivity contribution >= 4 is 29.5 Å². The van der Waals surface area contributed by atoms with E-state index in [0.717, 1.165) is 17.7 Å². The highest BCUT2D eigenvalue weighted by Gasteiger charge is 2.56. The number of rotatable bonds is 6. The lowest BCUT2D eigenvalue weighted by Crippen LogP contribution is -2.46. The molecular formula is C18H21N3O5. The first-order valence-electron chi connectivity index (χ1n) is 8.51. The molecule has 3 rings (SSSR count). The summed E-state index contributed by atoms with van der Waals surface area (Å²) in [4.78, 5) is 49.5. The summed E-state index contributed by atoms with van der Waals surface area (Å²) in [6.07, 6.45) is 0.688. The van der Waals surface area contributed by atoms with Gasteiger partial charge in [0, 0.05) is 5.69 Å². The molecule has 0 bridgehead atoms. The predicted octanol–water partition coefficient (Wildman–Crippen LogP) is 1.28. The van der Waals surface area contributed by atoms with Gasteiger partial charge in [0.1, 0.15) is 12.1 Å². The van der Waals surface area contributed by atoms with Gasteiger partial charge in [-0.1, -0.05) is 18.2 Å². The van der Waals surface area contributed by atoms with Gasteiger partial charge in [-0.05, 0) is 44.7 Å². The molecule has 8 heteroatoms. The Balaban J connectivity index is 1.54. The van der Waals surface area contributed by atoms with Crippen LogP contribution < -0.4 is 10.6 Å². The summed E-state index contributed by atoms with van der Waals surface area (Å²) < 4.78 is 5.06. The number of ether oxygens (including phenoxy) is 1. The van der Waals surface area contributed by atoms with Crippen molar-refractivity contribution in [2.24, 2.45) is 5.92 Å². The van der Waals surface area contributed by atoms with E-state index in [1.165, 1.54) is 6.92 Å². The van der Waals surface area contributed by atoms with Crippen LogP contribution in [0, 0.1) is 5.92 Å². The van der Waals surface area contributed by atoms with Crippen molar-refractivity contribution in [1.82, 2.24) is 10.2 Å². The Morgan fingerprint density at radius 2 is 1.96 bits per heavy atom. The molecule has 138 valence electrons. The summed E-state index contributed by atoms with van der Waals surface area (Å²) in [6.45, 7) is 2.58. The fourth-order valence-corrected chi connectivity index (χ4v) is 2.98. The quantitative estimate of drug-likeness (QED) is 0.588. The van der Waals surface area contributed by atoms with Crippen molar-refractivity contribution in [2.45, 2.75) is 38.3 Å². The highest BCUT2D eigenvalue weighted by atomic mass is 16.5. The standard InChI is InChI=1S/C18H21N3O5/c1-11(15(23)19-13-6-4-3-5-7-13)26-14(22)10-21-16(24)18(2,12-8-9-12)20-17(21)25/h3-7,11-12H,8-10H2,1-2H3,(H,19,23)(H,20,25)/t11-,18+/m1/s1. The van der Waals surface area contributed by atoms with Gasteiger partial charge in [0.05, 0.1) is 0 Å². The molecule has 1 heterocycles. The van der Waals surface area contributed by atoms with Crippen molar-refractivity contribution in [1.29, 1.82) is 0 Å². The topological polar surface area (TPSA) is 105 Å². The maximum atomic E-state index is 12.5. The number of carbonyl (C=O) groups is 4. The van der Waals surface area contributed by atoms with Crippen LogP contribution in [0.1, 0.15) is 26.7 Å². The number of amides is 4. The largest absolute Gasteiger partial charge is 0.451 e. The number of nitrogens with one attached hydrogen (secondary N) is 2. The Morgan fingerprint density at radius 3 is 2.58 bits per heavy atom. The number of hydrogen-bond acceptors (Lipinski definition) is 5. The predicted molar refractivity (Wildman–Crippen MR) is 92.0 cm³/mol. The minimum Gasteiger partial charge on any atom is -0.451 e. The van der Waals surface area contributed by atoms with Crippen LogP contribution in [0.3, 0.4) is 0 Å². The zero-order valence-corrected chi connectivity index (χ0v) is 14.7. The molecular weight excluding hydrogens is 338 g/mol. The fourth-order valence-electron chi connectivity index (χ4n) is 2.98. The molecule has 1 aromatic carbocycles. The van der Waals surface area contributed by atoms with E-state index >= 15 is 0 Å². The van der Waals surface area contributed by atoms with Gasteiger partial charge in [-0.2, -0.15) is 0 Å². The van der Waals surface area contributed by atoms with E-state index in [1.54, 1.807) is 31.2 Å². The van der Waals surface area contributed by atoms with Crippen LogP contribution in [-0.2, 0) is 19.1 Å². The summed E-state index contributed by atoms with van der Waals surface area (Å²) in [5.74, 6) is -1.63. The molecule has 2 atom stereocenters. The van der Waals surface area contributed by atoms with Gasteiger partial charge in [0.25, 0.3) is 11.8 Å². The Bertz CT molecular complexity index is 746. The highest BCUT2D eigenvalue weighted by molar-refractivity contribution is 6.09. The third-order valence-corrected chi connectivity index (χ3v) is 4.70. The molecule has 2 fully saturated rings. The smallest absolute Gasteiger partial charge is 0.327 e. The molecule has 1 saturated carbocycles. The number of nitrogens with zero attached hydrogens (tertiary/aromatic N) is 1. The SMILES string of the molecule is C[C@@H](OC(=O)CN1C(=O)N[C@@](C)(C2CC2)C1=O)C(=O)Nc1ccccc1. The first-order valence-corrected chi connectivity index (χ1v) is 8.51. The maximum Gasteiger partial charge on any atom is 0.327 e. The Labute approximate surface area is 150 Å².